The van der Waals surface area contributed by atoms with Gasteiger partial charge in [0.15, 0.2) is 0 Å². The highest BCUT2D eigenvalue weighted by atomic mass is 79.9. The quantitative estimate of drug-likeness (QED) is 0.388. The van der Waals surface area contributed by atoms with Crippen LogP contribution in [0, 0.1) is 0 Å². The van der Waals surface area contributed by atoms with Crippen molar-refractivity contribution in [3.05, 3.63) is 0 Å². The summed E-state index contributed by atoms with van der Waals surface area (Å²) in [6.45, 7) is 0.334. The van der Waals surface area contributed by atoms with Crippen LogP contribution in [0.1, 0.15) is 12.8 Å². The normalized spacial score (nSPS) is 11.9. The minimum atomic E-state index is -4.04. The molecule has 0 fully saturated rings. The first-order chi connectivity index (χ1) is 6.12. The van der Waals surface area contributed by atoms with Crippen molar-refractivity contribution in [1.82, 2.24) is 0 Å². The molecule has 13 heavy (non-hydrogen) atoms. The number of alkyl halides is 2. The van der Waals surface area contributed by atoms with Crippen LogP contribution in [0.4, 0.5) is 0 Å². The van der Waals surface area contributed by atoms with Gasteiger partial charge in [-0.25, -0.2) is 4.57 Å². The Balaban J connectivity index is 3.49. The number of halogens is 2. The van der Waals surface area contributed by atoms with Crippen LogP contribution in [-0.2, 0) is 18.5 Å². The predicted molar refractivity (Wildman–Crippen MR) is 57.0 cm³/mol. The SMILES string of the molecule is [O]P(=O)(OCCCBr)OCCCBr. The summed E-state index contributed by atoms with van der Waals surface area (Å²) in [7, 11) is -4.04. The highest BCUT2D eigenvalue weighted by Gasteiger charge is 2.22. The average molecular weight is 339 g/mol. The van der Waals surface area contributed by atoms with Crippen LogP contribution in [0.2, 0.25) is 0 Å². The van der Waals surface area contributed by atoms with Gasteiger partial charge >= 0.3 is 7.82 Å². The minimum absolute atomic E-state index is 0.167. The third-order valence-electron chi connectivity index (χ3n) is 1.05. The van der Waals surface area contributed by atoms with E-state index in [1.165, 1.54) is 0 Å². The molecule has 0 N–H and O–H groups in total. The van der Waals surface area contributed by atoms with E-state index in [9.17, 15) is 9.46 Å². The number of hydrogen-bond donors (Lipinski definition) is 0. The summed E-state index contributed by atoms with van der Waals surface area (Å²) in [5.41, 5.74) is 0. The van der Waals surface area contributed by atoms with E-state index in [2.05, 4.69) is 40.9 Å². The summed E-state index contributed by atoms with van der Waals surface area (Å²) in [6.07, 6.45) is 1.29. The Morgan fingerprint density at radius 3 is 1.69 bits per heavy atom. The summed E-state index contributed by atoms with van der Waals surface area (Å²) >= 11 is 6.32. The summed E-state index contributed by atoms with van der Waals surface area (Å²) in [5.74, 6) is 0. The molecule has 0 aromatic rings. The molecule has 4 nitrogen and oxygen atoms in total. The topological polar surface area (TPSA) is 55.4 Å². The molecule has 0 atom stereocenters. The minimum Gasteiger partial charge on any atom is -0.285 e. The van der Waals surface area contributed by atoms with Crippen LogP contribution in [0.25, 0.3) is 0 Å². The maximum Gasteiger partial charge on any atom is 0.502 e. The molecule has 0 bridgehead atoms. The van der Waals surface area contributed by atoms with Gasteiger partial charge in [0.1, 0.15) is 0 Å². The van der Waals surface area contributed by atoms with Crippen molar-refractivity contribution < 1.29 is 18.5 Å². The molecule has 0 saturated carbocycles. The van der Waals surface area contributed by atoms with Crippen molar-refractivity contribution in [3.63, 3.8) is 0 Å². The van der Waals surface area contributed by atoms with E-state index < -0.39 is 7.82 Å². The zero-order chi connectivity index (χ0) is 10.2. The third kappa shape index (κ3) is 9.38. The first kappa shape index (κ1) is 14.1. The second kappa shape index (κ2) is 8.38. The lowest BCUT2D eigenvalue weighted by atomic mass is 10.5. The number of hydrogen-bond acceptors (Lipinski definition) is 3. The van der Waals surface area contributed by atoms with Crippen molar-refractivity contribution in [2.24, 2.45) is 0 Å². The summed E-state index contributed by atoms with van der Waals surface area (Å²) in [6, 6.07) is 0. The van der Waals surface area contributed by atoms with Gasteiger partial charge in [-0.3, -0.25) is 9.05 Å². The Bertz CT molecular complexity index is 153. The number of rotatable bonds is 8. The van der Waals surface area contributed by atoms with Crippen LogP contribution in [0.5, 0.6) is 0 Å². The van der Waals surface area contributed by atoms with Crippen LogP contribution in [0.15, 0.2) is 0 Å². The monoisotopic (exact) mass is 337 g/mol. The highest BCUT2D eigenvalue weighted by Crippen LogP contribution is 2.44. The fraction of sp³-hybridized carbons (Fsp3) is 1.00. The van der Waals surface area contributed by atoms with E-state index in [4.69, 9.17) is 0 Å². The maximum absolute atomic E-state index is 10.9. The molecule has 0 saturated heterocycles. The molecular weight excluding hydrogens is 327 g/mol. The smallest absolute Gasteiger partial charge is 0.285 e. The maximum atomic E-state index is 10.9. The van der Waals surface area contributed by atoms with Gasteiger partial charge in [-0.2, -0.15) is 0 Å². The molecule has 0 aliphatic carbocycles. The van der Waals surface area contributed by atoms with Crippen molar-refractivity contribution in [1.29, 1.82) is 0 Å². The Labute approximate surface area is 94.9 Å². The van der Waals surface area contributed by atoms with Crippen LogP contribution in [-0.4, -0.2) is 23.9 Å². The van der Waals surface area contributed by atoms with E-state index in [1.807, 2.05) is 0 Å². The largest absolute Gasteiger partial charge is 0.502 e. The summed E-state index contributed by atoms with van der Waals surface area (Å²) < 4.78 is 20.0. The van der Waals surface area contributed by atoms with Crippen molar-refractivity contribution in [2.75, 3.05) is 23.9 Å². The van der Waals surface area contributed by atoms with Crippen LogP contribution < -0.4 is 0 Å². The van der Waals surface area contributed by atoms with Crippen LogP contribution in [0.3, 0.4) is 0 Å². The third-order valence-corrected chi connectivity index (χ3v) is 3.17. The first-order valence-corrected chi connectivity index (χ1v) is 7.55. The van der Waals surface area contributed by atoms with Gasteiger partial charge < -0.3 is 0 Å². The molecule has 0 aromatic carbocycles. The zero-order valence-corrected chi connectivity index (χ0v) is 11.1. The van der Waals surface area contributed by atoms with Gasteiger partial charge in [0.25, 0.3) is 0 Å². The molecule has 79 valence electrons. The van der Waals surface area contributed by atoms with E-state index in [0.717, 1.165) is 0 Å². The molecule has 0 rings (SSSR count). The fourth-order valence-corrected chi connectivity index (χ4v) is 1.74. The molecule has 0 spiro atoms. The highest BCUT2D eigenvalue weighted by molar-refractivity contribution is 9.09. The Morgan fingerprint density at radius 1 is 1.00 bits per heavy atom. The second-order valence-corrected chi connectivity index (χ2v) is 5.20. The molecule has 0 amide bonds. The molecule has 0 aromatic heterocycles. The van der Waals surface area contributed by atoms with Gasteiger partial charge in [-0.15, -0.1) is 4.89 Å². The summed E-state index contributed by atoms with van der Waals surface area (Å²) in [4.78, 5) is 10.9. The van der Waals surface area contributed by atoms with Crippen molar-refractivity contribution in [3.8, 4) is 0 Å². The lowest BCUT2D eigenvalue weighted by Crippen LogP contribution is -1.98. The molecule has 0 heterocycles. The van der Waals surface area contributed by atoms with Gasteiger partial charge in [0, 0.05) is 10.7 Å². The lowest BCUT2D eigenvalue weighted by molar-refractivity contribution is 0.129. The standard InChI is InChI=1S/C6H12Br2O4P/c7-3-1-5-11-13(9,10)12-6-2-4-8/h1-6H2. The van der Waals surface area contributed by atoms with Gasteiger partial charge in [0.05, 0.1) is 13.2 Å². The van der Waals surface area contributed by atoms with Crippen molar-refractivity contribution in [2.45, 2.75) is 12.8 Å². The van der Waals surface area contributed by atoms with E-state index in [-0.39, 0.29) is 13.2 Å². The molecule has 7 heteroatoms. The van der Waals surface area contributed by atoms with Crippen LogP contribution >= 0.6 is 39.7 Å². The van der Waals surface area contributed by atoms with E-state index >= 15 is 0 Å². The molecule has 1 radical (unpaired) electrons. The van der Waals surface area contributed by atoms with E-state index in [0.29, 0.717) is 23.5 Å². The lowest BCUT2D eigenvalue weighted by Gasteiger charge is -2.08. The van der Waals surface area contributed by atoms with Gasteiger partial charge in [-0.05, 0) is 12.8 Å². The van der Waals surface area contributed by atoms with E-state index in [1.54, 1.807) is 0 Å². The Morgan fingerprint density at radius 2 is 1.38 bits per heavy atom. The second-order valence-electron chi connectivity index (χ2n) is 2.20. The zero-order valence-electron chi connectivity index (χ0n) is 7.08. The van der Waals surface area contributed by atoms with Gasteiger partial charge in [0.2, 0.25) is 0 Å². The fourth-order valence-electron chi connectivity index (χ4n) is 0.499. The Kier molecular flexibility index (Phi) is 9.07. The molecule has 0 aliphatic rings. The summed E-state index contributed by atoms with van der Waals surface area (Å²) in [5, 5.41) is 1.43. The first-order valence-electron chi connectivity index (χ1n) is 3.84. The average Bonchev–Trinajstić information content (AvgIpc) is 2.05. The predicted octanol–water partition coefficient (Wildman–Crippen LogP) is 3.13. The van der Waals surface area contributed by atoms with Crippen molar-refractivity contribution >= 4 is 39.7 Å². The Hall–Kier alpha value is 1.07. The molecule has 0 unspecified atom stereocenters. The molecule has 0 aliphatic heterocycles. The van der Waals surface area contributed by atoms with Gasteiger partial charge in [-0.1, -0.05) is 31.9 Å². The molecular formula is C6H12Br2O4P.